The Balaban J connectivity index is 1.76. The van der Waals surface area contributed by atoms with Crippen molar-refractivity contribution in [3.05, 3.63) is 29.8 Å². The summed E-state index contributed by atoms with van der Waals surface area (Å²) in [5, 5.41) is 3.69. The van der Waals surface area contributed by atoms with Gasteiger partial charge in [0.15, 0.2) is 0 Å². The van der Waals surface area contributed by atoms with Gasteiger partial charge in [-0.3, -0.25) is 0 Å². The zero-order valence-corrected chi connectivity index (χ0v) is 14.3. The van der Waals surface area contributed by atoms with Crippen molar-refractivity contribution in [1.82, 2.24) is 5.32 Å². The van der Waals surface area contributed by atoms with Crippen molar-refractivity contribution in [3.63, 3.8) is 0 Å². The summed E-state index contributed by atoms with van der Waals surface area (Å²) in [7, 11) is 0. The first-order valence-electron chi connectivity index (χ1n) is 8.34. The highest BCUT2D eigenvalue weighted by Gasteiger charge is 2.64. The van der Waals surface area contributed by atoms with E-state index in [0.717, 1.165) is 25.3 Å². The number of ether oxygens (including phenoxy) is 1. The van der Waals surface area contributed by atoms with E-state index < -0.39 is 0 Å². The van der Waals surface area contributed by atoms with Gasteiger partial charge < -0.3 is 10.1 Å². The summed E-state index contributed by atoms with van der Waals surface area (Å²) in [6.07, 6.45) is 3.63. The van der Waals surface area contributed by atoms with Gasteiger partial charge in [0, 0.05) is 12.6 Å². The minimum absolute atomic E-state index is 0.398. The largest absolute Gasteiger partial charge is 0.494 e. The van der Waals surface area contributed by atoms with Crippen LogP contribution < -0.4 is 10.1 Å². The summed E-state index contributed by atoms with van der Waals surface area (Å²) in [4.78, 5) is 0. The molecule has 0 heterocycles. The zero-order chi connectivity index (χ0) is 15.5. The lowest BCUT2D eigenvalue weighted by atomic mass is 10.0. The number of hydrogen-bond donors (Lipinski definition) is 1. The van der Waals surface area contributed by atoms with Crippen molar-refractivity contribution in [2.45, 2.75) is 66.5 Å². The molecule has 1 fully saturated rings. The SMILES string of the molecule is CCCCCOc1ccc(CNC2C(C)(C)C2(C)C)cc1. The molecule has 0 atom stereocenters. The normalized spacial score (nSPS) is 19.5. The average Bonchev–Trinajstić information content (AvgIpc) is 2.84. The van der Waals surface area contributed by atoms with Gasteiger partial charge in [-0.05, 0) is 34.9 Å². The Morgan fingerprint density at radius 2 is 1.62 bits per heavy atom. The van der Waals surface area contributed by atoms with Crippen LogP contribution in [-0.2, 0) is 6.54 Å². The van der Waals surface area contributed by atoms with E-state index in [2.05, 4.69) is 64.2 Å². The van der Waals surface area contributed by atoms with Crippen LogP contribution >= 0.6 is 0 Å². The fourth-order valence-corrected chi connectivity index (χ4v) is 3.17. The first-order valence-corrected chi connectivity index (χ1v) is 8.34. The number of hydrogen-bond acceptors (Lipinski definition) is 2. The Kier molecular flexibility index (Phi) is 4.98. The summed E-state index contributed by atoms with van der Waals surface area (Å²) >= 11 is 0. The van der Waals surface area contributed by atoms with Gasteiger partial charge in [-0.25, -0.2) is 0 Å². The Bertz CT molecular complexity index is 433. The molecule has 0 unspecified atom stereocenters. The van der Waals surface area contributed by atoms with Gasteiger partial charge >= 0.3 is 0 Å². The summed E-state index contributed by atoms with van der Waals surface area (Å²) in [6, 6.07) is 9.13. The van der Waals surface area contributed by atoms with Crippen molar-refractivity contribution in [2.75, 3.05) is 6.61 Å². The van der Waals surface area contributed by atoms with Crippen molar-refractivity contribution in [3.8, 4) is 5.75 Å². The van der Waals surface area contributed by atoms with Gasteiger partial charge in [-0.15, -0.1) is 0 Å². The molecule has 0 amide bonds. The molecule has 21 heavy (non-hydrogen) atoms. The van der Waals surface area contributed by atoms with E-state index >= 15 is 0 Å². The van der Waals surface area contributed by atoms with Crippen molar-refractivity contribution >= 4 is 0 Å². The molecular formula is C19H31NO. The molecule has 2 nitrogen and oxygen atoms in total. The molecule has 1 aromatic carbocycles. The maximum absolute atomic E-state index is 5.75. The van der Waals surface area contributed by atoms with Gasteiger partial charge in [-0.1, -0.05) is 59.6 Å². The van der Waals surface area contributed by atoms with Crippen molar-refractivity contribution in [2.24, 2.45) is 10.8 Å². The van der Waals surface area contributed by atoms with Crippen LogP contribution in [0.25, 0.3) is 0 Å². The third-order valence-electron chi connectivity index (χ3n) is 5.47. The lowest BCUT2D eigenvalue weighted by molar-refractivity contribution is 0.306. The minimum Gasteiger partial charge on any atom is -0.494 e. The molecular weight excluding hydrogens is 258 g/mol. The van der Waals surface area contributed by atoms with Crippen LogP contribution in [0.15, 0.2) is 24.3 Å². The van der Waals surface area contributed by atoms with Gasteiger partial charge in [0.1, 0.15) is 5.75 Å². The Morgan fingerprint density at radius 1 is 1.00 bits per heavy atom. The molecule has 1 aliphatic rings. The second-order valence-corrected chi connectivity index (χ2v) is 7.46. The second-order valence-electron chi connectivity index (χ2n) is 7.46. The van der Waals surface area contributed by atoms with Gasteiger partial charge in [0.2, 0.25) is 0 Å². The van der Waals surface area contributed by atoms with E-state index in [1.54, 1.807) is 0 Å². The third-order valence-corrected chi connectivity index (χ3v) is 5.47. The van der Waals surface area contributed by atoms with E-state index in [-0.39, 0.29) is 0 Å². The third kappa shape index (κ3) is 3.60. The van der Waals surface area contributed by atoms with Crippen LogP contribution in [0.3, 0.4) is 0 Å². The molecule has 0 saturated heterocycles. The lowest BCUT2D eigenvalue weighted by Gasteiger charge is -2.09. The number of benzene rings is 1. The molecule has 1 aromatic rings. The molecule has 2 rings (SSSR count). The number of unbranched alkanes of at least 4 members (excludes halogenated alkanes) is 2. The van der Waals surface area contributed by atoms with Crippen LogP contribution in [-0.4, -0.2) is 12.6 Å². The molecule has 1 N–H and O–H groups in total. The fourth-order valence-electron chi connectivity index (χ4n) is 3.17. The standard InChI is InChI=1S/C19H31NO/c1-6-7-8-13-21-16-11-9-15(10-12-16)14-20-17-18(2,3)19(17,4)5/h9-12,17,20H,6-8,13-14H2,1-5H3. The van der Waals surface area contributed by atoms with Crippen molar-refractivity contribution < 1.29 is 4.74 Å². The molecule has 0 spiro atoms. The first-order chi connectivity index (χ1) is 9.89. The lowest BCUT2D eigenvalue weighted by Crippen LogP contribution is -2.21. The number of rotatable bonds is 8. The van der Waals surface area contributed by atoms with Gasteiger partial charge in [0.25, 0.3) is 0 Å². The molecule has 118 valence electrons. The Labute approximate surface area is 130 Å². The molecule has 0 bridgehead atoms. The summed E-state index contributed by atoms with van der Waals surface area (Å²) in [5.41, 5.74) is 2.12. The highest BCUT2D eigenvalue weighted by Crippen LogP contribution is 2.62. The molecule has 2 heteroatoms. The van der Waals surface area contributed by atoms with Crippen LogP contribution in [0.1, 0.15) is 59.4 Å². The van der Waals surface area contributed by atoms with Crippen molar-refractivity contribution in [1.29, 1.82) is 0 Å². The summed E-state index contributed by atoms with van der Waals surface area (Å²) in [6.45, 7) is 13.4. The van der Waals surface area contributed by atoms with E-state index in [1.165, 1.54) is 18.4 Å². The molecule has 0 aliphatic heterocycles. The molecule has 1 saturated carbocycles. The van der Waals surface area contributed by atoms with E-state index in [4.69, 9.17) is 4.74 Å². The topological polar surface area (TPSA) is 21.3 Å². The molecule has 0 radical (unpaired) electrons. The van der Waals surface area contributed by atoms with E-state index in [1.807, 2.05) is 0 Å². The average molecular weight is 289 g/mol. The second kappa shape index (κ2) is 6.39. The van der Waals surface area contributed by atoms with Crippen LogP contribution in [0.4, 0.5) is 0 Å². The maximum atomic E-state index is 5.75. The number of nitrogens with one attached hydrogen (secondary N) is 1. The van der Waals surface area contributed by atoms with Gasteiger partial charge in [0.05, 0.1) is 6.61 Å². The Morgan fingerprint density at radius 3 is 2.14 bits per heavy atom. The van der Waals surface area contributed by atoms with E-state index in [0.29, 0.717) is 16.9 Å². The van der Waals surface area contributed by atoms with Crippen LogP contribution in [0.5, 0.6) is 5.75 Å². The van der Waals surface area contributed by atoms with E-state index in [9.17, 15) is 0 Å². The minimum atomic E-state index is 0.398. The highest BCUT2D eigenvalue weighted by atomic mass is 16.5. The zero-order valence-electron chi connectivity index (χ0n) is 14.3. The van der Waals surface area contributed by atoms with Crippen LogP contribution in [0.2, 0.25) is 0 Å². The highest BCUT2D eigenvalue weighted by molar-refractivity contribution is 5.28. The molecule has 1 aliphatic carbocycles. The summed E-state index contributed by atoms with van der Waals surface area (Å²) < 4.78 is 5.75. The Hall–Kier alpha value is -1.02. The smallest absolute Gasteiger partial charge is 0.119 e. The molecule has 0 aromatic heterocycles. The monoisotopic (exact) mass is 289 g/mol. The predicted octanol–water partition coefficient (Wildman–Crippen LogP) is 4.78. The summed E-state index contributed by atoms with van der Waals surface area (Å²) in [5.74, 6) is 0.988. The quantitative estimate of drug-likeness (QED) is 0.695. The maximum Gasteiger partial charge on any atom is 0.119 e. The van der Waals surface area contributed by atoms with Crippen LogP contribution in [0, 0.1) is 10.8 Å². The predicted molar refractivity (Wildman–Crippen MR) is 89.7 cm³/mol. The first kappa shape index (κ1) is 16.4. The fraction of sp³-hybridized carbons (Fsp3) is 0.684. The van der Waals surface area contributed by atoms with Gasteiger partial charge in [-0.2, -0.15) is 0 Å².